The summed E-state index contributed by atoms with van der Waals surface area (Å²) < 4.78 is 0. The van der Waals surface area contributed by atoms with Crippen molar-refractivity contribution in [2.24, 2.45) is 0 Å². The Morgan fingerprint density at radius 2 is 0.640 bits per heavy atom. The molecule has 50 heavy (non-hydrogen) atoms. The van der Waals surface area contributed by atoms with Gasteiger partial charge in [0.15, 0.2) is 0 Å². The van der Waals surface area contributed by atoms with E-state index in [2.05, 4.69) is 10.6 Å². The van der Waals surface area contributed by atoms with Crippen LogP contribution in [0.2, 0.25) is 0 Å². The first-order valence-electron chi connectivity index (χ1n) is 20.5. The van der Waals surface area contributed by atoms with Crippen molar-refractivity contribution in [3.05, 3.63) is 71.8 Å². The summed E-state index contributed by atoms with van der Waals surface area (Å²) in [6, 6.07) is 17.9. The number of unbranched alkanes of at least 4 members (excludes halogenated alkanes) is 21. The Hall–Kier alpha value is -2.70. The van der Waals surface area contributed by atoms with Gasteiger partial charge < -0.3 is 20.8 Å². The minimum Gasteiger partial charge on any atom is -0.391 e. The third kappa shape index (κ3) is 21.5. The predicted molar refractivity (Wildman–Crippen MR) is 210 cm³/mol. The molecule has 2 rings (SSSR count). The van der Waals surface area contributed by atoms with Gasteiger partial charge >= 0.3 is 0 Å². The van der Waals surface area contributed by atoms with Gasteiger partial charge in [0.05, 0.1) is 24.3 Å². The minimum absolute atomic E-state index is 0.121. The molecular weight excluding hydrogens is 620 g/mol. The molecule has 4 atom stereocenters. The molecule has 6 heteroatoms. The Labute approximate surface area is 305 Å². The summed E-state index contributed by atoms with van der Waals surface area (Å²) in [5.74, 6) is -0.242. The number of nitrogens with one attached hydrogen (secondary N) is 2. The molecule has 2 aromatic carbocycles. The van der Waals surface area contributed by atoms with Crippen LogP contribution in [0.5, 0.6) is 0 Å². The van der Waals surface area contributed by atoms with Gasteiger partial charge in [-0.1, -0.05) is 178 Å². The van der Waals surface area contributed by atoms with Crippen LogP contribution in [0.25, 0.3) is 0 Å². The van der Waals surface area contributed by atoms with Gasteiger partial charge in [-0.2, -0.15) is 0 Å². The molecule has 4 N–H and O–H groups in total. The quantitative estimate of drug-likeness (QED) is 0.0591. The number of amides is 2. The van der Waals surface area contributed by atoms with Crippen LogP contribution in [0.1, 0.15) is 189 Å². The Morgan fingerprint density at radius 1 is 0.420 bits per heavy atom. The van der Waals surface area contributed by atoms with Crippen molar-refractivity contribution in [3.8, 4) is 0 Å². The lowest BCUT2D eigenvalue weighted by Gasteiger charge is -2.20. The first-order chi connectivity index (χ1) is 24.4. The zero-order chi connectivity index (χ0) is 36.1. The number of carbonyl (C=O) groups excluding carboxylic acids is 2. The van der Waals surface area contributed by atoms with Crippen molar-refractivity contribution in [2.75, 3.05) is 0 Å². The van der Waals surface area contributed by atoms with Crippen molar-refractivity contribution >= 4 is 11.8 Å². The van der Waals surface area contributed by atoms with Crippen LogP contribution in [0.3, 0.4) is 0 Å². The summed E-state index contributed by atoms with van der Waals surface area (Å²) in [5, 5.41) is 26.7. The smallest absolute Gasteiger partial charge is 0.251 e. The van der Waals surface area contributed by atoms with E-state index in [1.54, 1.807) is 24.3 Å². The Kier molecular flexibility index (Phi) is 25.2. The highest BCUT2D eigenvalue weighted by atomic mass is 16.3. The first kappa shape index (κ1) is 43.5. The summed E-state index contributed by atoms with van der Waals surface area (Å²) in [6.45, 7) is 3.77. The van der Waals surface area contributed by atoms with Gasteiger partial charge in [0, 0.05) is 11.1 Å². The molecule has 0 saturated carbocycles. The van der Waals surface area contributed by atoms with Crippen LogP contribution in [0.4, 0.5) is 0 Å². The molecule has 0 aliphatic carbocycles. The molecule has 282 valence electrons. The van der Waals surface area contributed by atoms with E-state index >= 15 is 0 Å². The number of rotatable bonds is 31. The van der Waals surface area contributed by atoms with Crippen molar-refractivity contribution in [3.63, 3.8) is 0 Å². The topological polar surface area (TPSA) is 98.7 Å². The van der Waals surface area contributed by atoms with E-state index < -0.39 is 12.2 Å². The molecule has 0 spiro atoms. The fourth-order valence-electron chi connectivity index (χ4n) is 6.69. The predicted octanol–water partition coefficient (Wildman–Crippen LogP) is 10.7. The molecule has 0 aliphatic rings. The number of aliphatic hydroxyl groups excluding tert-OH is 2. The number of aliphatic hydroxyl groups is 2. The van der Waals surface area contributed by atoms with Gasteiger partial charge in [-0.15, -0.1) is 0 Å². The summed E-state index contributed by atoms with van der Waals surface area (Å²) in [4.78, 5) is 24.5. The molecule has 0 fully saturated rings. The van der Waals surface area contributed by atoms with Crippen LogP contribution in [0.15, 0.2) is 60.7 Å². The third-order valence-corrected chi connectivity index (χ3v) is 10.2. The van der Waals surface area contributed by atoms with Crippen LogP contribution in [-0.2, 0) is 0 Å². The number of benzene rings is 2. The Bertz CT molecular complexity index is 1010. The molecular formula is C44H72N2O4. The summed E-state index contributed by atoms with van der Waals surface area (Å²) in [6.07, 6.45) is 29.1. The SMILES string of the molecule is C[C@@H](NC(=O)c1ccccc1)[C@@H](O)CCCCCCCCCCCCCCCCCCCCCCCC[C@H](O)[C@@H](C)NC(=O)c1ccccc1. The molecule has 0 radical (unpaired) electrons. The molecule has 0 bridgehead atoms. The van der Waals surface area contributed by atoms with Crippen molar-refractivity contribution in [1.82, 2.24) is 10.6 Å². The largest absolute Gasteiger partial charge is 0.391 e. The summed E-state index contributed by atoms with van der Waals surface area (Å²) in [5.41, 5.74) is 1.27. The first-order valence-corrected chi connectivity index (χ1v) is 20.5. The lowest BCUT2D eigenvalue weighted by molar-refractivity contribution is 0.0827. The van der Waals surface area contributed by atoms with Crippen LogP contribution >= 0.6 is 0 Å². The van der Waals surface area contributed by atoms with E-state index in [1.807, 2.05) is 50.2 Å². The standard InChI is InChI=1S/C44H72N2O4/c1-37(45-43(49)39-31-25-23-26-32-39)41(47)35-29-21-19-17-15-13-11-9-7-5-3-4-6-8-10-12-14-16-18-20-22-30-36-42(48)38(2)46-44(50)40-33-27-24-28-34-40/h23-28,31-34,37-38,41-42,47-48H,3-22,29-30,35-36H2,1-2H3,(H,45,49)(H,46,50)/t37-,38-,41+,42+/m1/s1. The van der Waals surface area contributed by atoms with Crippen molar-refractivity contribution in [1.29, 1.82) is 0 Å². The number of carbonyl (C=O) groups is 2. The number of hydrogen-bond donors (Lipinski definition) is 4. The zero-order valence-corrected chi connectivity index (χ0v) is 31.8. The molecule has 2 amide bonds. The molecule has 0 aromatic heterocycles. The average molecular weight is 693 g/mol. The fourth-order valence-corrected chi connectivity index (χ4v) is 6.69. The van der Waals surface area contributed by atoms with E-state index in [4.69, 9.17) is 0 Å². The van der Waals surface area contributed by atoms with E-state index in [9.17, 15) is 19.8 Å². The maximum atomic E-state index is 12.3. The minimum atomic E-state index is -0.493. The van der Waals surface area contributed by atoms with Crippen molar-refractivity contribution in [2.45, 2.75) is 192 Å². The highest BCUT2D eigenvalue weighted by Gasteiger charge is 2.18. The lowest BCUT2D eigenvalue weighted by Crippen LogP contribution is -2.41. The molecule has 2 aromatic rings. The lowest BCUT2D eigenvalue weighted by atomic mass is 10.0. The third-order valence-electron chi connectivity index (χ3n) is 10.2. The molecule has 6 nitrogen and oxygen atoms in total. The maximum absolute atomic E-state index is 12.3. The Balaban J connectivity index is 1.25. The zero-order valence-electron chi connectivity index (χ0n) is 31.8. The van der Waals surface area contributed by atoms with Gasteiger partial charge in [-0.05, 0) is 51.0 Å². The van der Waals surface area contributed by atoms with Gasteiger partial charge in [0.25, 0.3) is 11.8 Å². The van der Waals surface area contributed by atoms with Gasteiger partial charge in [-0.25, -0.2) is 0 Å². The molecule has 0 saturated heterocycles. The second kappa shape index (κ2) is 28.9. The van der Waals surface area contributed by atoms with Gasteiger partial charge in [0.1, 0.15) is 0 Å². The number of hydrogen-bond acceptors (Lipinski definition) is 4. The van der Waals surface area contributed by atoms with Crippen LogP contribution in [-0.4, -0.2) is 46.3 Å². The van der Waals surface area contributed by atoms with Crippen LogP contribution in [0, 0.1) is 0 Å². The highest BCUT2D eigenvalue weighted by molar-refractivity contribution is 5.94. The molecule has 0 heterocycles. The van der Waals surface area contributed by atoms with Crippen LogP contribution < -0.4 is 10.6 Å². The van der Waals surface area contributed by atoms with E-state index in [-0.39, 0.29) is 23.9 Å². The monoisotopic (exact) mass is 693 g/mol. The highest BCUT2D eigenvalue weighted by Crippen LogP contribution is 2.17. The average Bonchev–Trinajstić information content (AvgIpc) is 3.13. The second-order valence-corrected chi connectivity index (χ2v) is 14.7. The normalized spacial score (nSPS) is 13.8. The summed E-state index contributed by atoms with van der Waals surface area (Å²) >= 11 is 0. The second-order valence-electron chi connectivity index (χ2n) is 14.7. The Morgan fingerprint density at radius 3 is 0.880 bits per heavy atom. The maximum Gasteiger partial charge on any atom is 0.251 e. The van der Waals surface area contributed by atoms with E-state index in [0.29, 0.717) is 11.1 Å². The van der Waals surface area contributed by atoms with Crippen molar-refractivity contribution < 1.29 is 19.8 Å². The molecule has 0 aliphatic heterocycles. The van der Waals surface area contributed by atoms with Gasteiger partial charge in [-0.3, -0.25) is 9.59 Å². The fraction of sp³-hybridized carbons (Fsp3) is 0.682. The molecule has 0 unspecified atom stereocenters. The van der Waals surface area contributed by atoms with Gasteiger partial charge in [0.2, 0.25) is 0 Å². The summed E-state index contributed by atoms with van der Waals surface area (Å²) in [7, 11) is 0. The van der Waals surface area contributed by atoms with E-state index in [0.717, 1.165) is 38.5 Å². The van der Waals surface area contributed by atoms with E-state index in [1.165, 1.54) is 116 Å².